The van der Waals surface area contributed by atoms with Gasteiger partial charge < -0.3 is 15.8 Å². The summed E-state index contributed by atoms with van der Waals surface area (Å²) >= 11 is 0. The van der Waals surface area contributed by atoms with E-state index in [-0.39, 0.29) is 34.6 Å². The zero-order chi connectivity index (χ0) is 18.9. The second kappa shape index (κ2) is 4.98. The van der Waals surface area contributed by atoms with Gasteiger partial charge in [-0.05, 0) is 18.4 Å². The zero-order valence-electron chi connectivity index (χ0n) is 14.9. The molecule has 0 fully saturated rings. The van der Waals surface area contributed by atoms with Crippen LogP contribution in [0.3, 0.4) is 0 Å². The summed E-state index contributed by atoms with van der Waals surface area (Å²) < 4.78 is 5.69. The van der Waals surface area contributed by atoms with Gasteiger partial charge in [0.1, 0.15) is 22.8 Å². The molecular formula is C20H19N3O3. The highest BCUT2D eigenvalue weighted by molar-refractivity contribution is 6.19. The van der Waals surface area contributed by atoms with Crippen LogP contribution >= 0.6 is 0 Å². The van der Waals surface area contributed by atoms with Crippen molar-refractivity contribution in [3.05, 3.63) is 52.1 Å². The van der Waals surface area contributed by atoms with Crippen LogP contribution in [0.2, 0.25) is 0 Å². The molecule has 4 rings (SSSR count). The van der Waals surface area contributed by atoms with Gasteiger partial charge in [-0.3, -0.25) is 9.59 Å². The molecule has 0 saturated heterocycles. The highest BCUT2D eigenvalue weighted by atomic mass is 16.5. The number of ether oxygens (including phenoxy) is 1. The number of allylic oxidation sites excluding steroid dienone is 1. The number of hydrogen-bond donors (Lipinski definition) is 2. The van der Waals surface area contributed by atoms with E-state index in [4.69, 9.17) is 10.5 Å². The van der Waals surface area contributed by atoms with Gasteiger partial charge in [-0.15, -0.1) is 0 Å². The minimum atomic E-state index is -1.53. The highest BCUT2D eigenvalue weighted by Crippen LogP contribution is 2.55. The van der Waals surface area contributed by atoms with Crippen molar-refractivity contribution in [3.8, 4) is 6.07 Å². The Bertz CT molecular complexity index is 994. The minimum Gasteiger partial charge on any atom is -0.444 e. The summed E-state index contributed by atoms with van der Waals surface area (Å²) in [5.41, 5.74) is 6.56. The zero-order valence-corrected chi connectivity index (χ0v) is 14.9. The number of nitrogens with one attached hydrogen (secondary N) is 1. The molecule has 1 spiro atoms. The van der Waals surface area contributed by atoms with Gasteiger partial charge >= 0.3 is 0 Å². The lowest BCUT2D eigenvalue weighted by Crippen LogP contribution is -2.48. The molecule has 1 unspecified atom stereocenters. The van der Waals surface area contributed by atoms with E-state index in [1.165, 1.54) is 0 Å². The molecule has 6 heteroatoms. The standard InChI is InChI=1S/C20H19N3O3/c1-10-4-5-13-11(6-10)20(18(25)23-13)12(9-21)17(22)26-15-8-19(2,3)7-14(24)16(15)20/h4-6H,7-8,22H2,1-3H3,(H,23,25). The van der Waals surface area contributed by atoms with Crippen LogP contribution in [0.15, 0.2) is 41.0 Å². The third-order valence-corrected chi connectivity index (χ3v) is 5.35. The van der Waals surface area contributed by atoms with Gasteiger partial charge in [0.05, 0.1) is 5.57 Å². The number of nitrogens with two attached hydrogens (primary N) is 1. The van der Waals surface area contributed by atoms with Gasteiger partial charge in [-0.1, -0.05) is 31.5 Å². The second-order valence-electron chi connectivity index (χ2n) is 7.95. The van der Waals surface area contributed by atoms with Crippen molar-refractivity contribution in [1.82, 2.24) is 0 Å². The lowest BCUT2D eigenvalue weighted by Gasteiger charge is -2.41. The van der Waals surface area contributed by atoms with Crippen LogP contribution in [0.1, 0.15) is 37.8 Å². The number of carbonyl (C=O) groups excluding carboxylic acids is 2. The molecular weight excluding hydrogens is 330 g/mol. The summed E-state index contributed by atoms with van der Waals surface area (Å²) in [6.07, 6.45) is 0.758. The number of carbonyl (C=O) groups is 2. The highest BCUT2D eigenvalue weighted by Gasteiger charge is 2.60. The van der Waals surface area contributed by atoms with Gasteiger partial charge in [-0.25, -0.2) is 0 Å². The lowest BCUT2D eigenvalue weighted by atomic mass is 9.62. The Morgan fingerprint density at radius 2 is 2.00 bits per heavy atom. The van der Waals surface area contributed by atoms with E-state index in [2.05, 4.69) is 5.32 Å². The van der Waals surface area contributed by atoms with Crippen molar-refractivity contribution in [1.29, 1.82) is 5.26 Å². The molecule has 3 N–H and O–H groups in total. The number of hydrogen-bond acceptors (Lipinski definition) is 5. The van der Waals surface area contributed by atoms with Crippen molar-refractivity contribution in [3.63, 3.8) is 0 Å². The van der Waals surface area contributed by atoms with Crippen LogP contribution in [-0.4, -0.2) is 11.7 Å². The number of benzene rings is 1. The number of fused-ring (bicyclic) bond motifs is 3. The molecule has 3 aliphatic rings. The first-order chi connectivity index (χ1) is 12.2. The first-order valence-electron chi connectivity index (χ1n) is 8.48. The van der Waals surface area contributed by atoms with Crippen LogP contribution in [0, 0.1) is 23.7 Å². The first kappa shape index (κ1) is 16.4. The smallest absolute Gasteiger partial charge is 0.245 e. The van der Waals surface area contributed by atoms with Gasteiger partial charge in [0, 0.05) is 24.1 Å². The number of amides is 1. The quantitative estimate of drug-likeness (QED) is 0.749. The minimum absolute atomic E-state index is 0.0221. The monoisotopic (exact) mass is 349 g/mol. The Morgan fingerprint density at radius 1 is 1.27 bits per heavy atom. The molecule has 1 amide bonds. The Labute approximate surface area is 151 Å². The topological polar surface area (TPSA) is 105 Å². The van der Waals surface area contributed by atoms with E-state index in [1.54, 1.807) is 6.07 Å². The van der Waals surface area contributed by atoms with E-state index in [1.807, 2.05) is 39.0 Å². The molecule has 1 aromatic rings. The number of ketones is 1. The molecule has 0 aromatic heterocycles. The molecule has 6 nitrogen and oxygen atoms in total. The molecule has 1 aromatic carbocycles. The molecule has 2 heterocycles. The molecule has 0 saturated carbocycles. The van der Waals surface area contributed by atoms with E-state index < -0.39 is 11.3 Å². The fourth-order valence-electron chi connectivity index (χ4n) is 4.31. The largest absolute Gasteiger partial charge is 0.444 e. The molecule has 0 bridgehead atoms. The third-order valence-electron chi connectivity index (χ3n) is 5.35. The predicted molar refractivity (Wildman–Crippen MR) is 94.4 cm³/mol. The Kier molecular flexibility index (Phi) is 3.14. The van der Waals surface area contributed by atoms with Crippen molar-refractivity contribution in [2.75, 3.05) is 5.32 Å². The van der Waals surface area contributed by atoms with E-state index in [0.29, 0.717) is 23.4 Å². The average molecular weight is 349 g/mol. The second-order valence-corrected chi connectivity index (χ2v) is 7.95. The fourth-order valence-corrected chi connectivity index (χ4v) is 4.31. The van der Waals surface area contributed by atoms with E-state index in [0.717, 1.165) is 5.56 Å². The molecule has 2 aliphatic heterocycles. The van der Waals surface area contributed by atoms with Crippen LogP contribution in [0.5, 0.6) is 0 Å². The van der Waals surface area contributed by atoms with Gasteiger partial charge in [0.2, 0.25) is 11.8 Å². The molecule has 1 aliphatic carbocycles. The Hall–Kier alpha value is -3.07. The van der Waals surface area contributed by atoms with Crippen molar-refractivity contribution in [2.24, 2.45) is 11.1 Å². The molecule has 132 valence electrons. The van der Waals surface area contributed by atoms with E-state index >= 15 is 0 Å². The lowest BCUT2D eigenvalue weighted by molar-refractivity contribution is -0.124. The average Bonchev–Trinajstić information content (AvgIpc) is 2.79. The van der Waals surface area contributed by atoms with Crippen molar-refractivity contribution >= 4 is 17.4 Å². The van der Waals surface area contributed by atoms with Crippen LogP contribution in [0.4, 0.5) is 5.69 Å². The summed E-state index contributed by atoms with van der Waals surface area (Å²) in [6.45, 7) is 5.84. The van der Waals surface area contributed by atoms with E-state index in [9.17, 15) is 14.9 Å². The normalized spacial score (nSPS) is 26.2. The predicted octanol–water partition coefficient (Wildman–Crippen LogP) is 2.55. The summed E-state index contributed by atoms with van der Waals surface area (Å²) in [7, 11) is 0. The van der Waals surface area contributed by atoms with Gasteiger partial charge in [0.15, 0.2) is 5.78 Å². The third kappa shape index (κ3) is 1.91. The number of nitrogens with zero attached hydrogens (tertiary/aromatic N) is 1. The Morgan fingerprint density at radius 3 is 2.69 bits per heavy atom. The number of anilines is 1. The first-order valence-corrected chi connectivity index (χ1v) is 8.48. The van der Waals surface area contributed by atoms with Gasteiger partial charge in [-0.2, -0.15) is 5.26 Å². The van der Waals surface area contributed by atoms with Crippen molar-refractivity contribution in [2.45, 2.75) is 39.0 Å². The summed E-state index contributed by atoms with van der Waals surface area (Å²) in [5, 5.41) is 12.6. The summed E-state index contributed by atoms with van der Waals surface area (Å²) in [6, 6.07) is 7.53. The van der Waals surface area contributed by atoms with Crippen LogP contribution in [-0.2, 0) is 19.7 Å². The number of rotatable bonds is 0. The van der Waals surface area contributed by atoms with Crippen molar-refractivity contribution < 1.29 is 14.3 Å². The molecule has 26 heavy (non-hydrogen) atoms. The molecule has 0 radical (unpaired) electrons. The summed E-state index contributed by atoms with van der Waals surface area (Å²) in [5.74, 6) is -0.323. The van der Waals surface area contributed by atoms with Crippen LogP contribution in [0.25, 0.3) is 0 Å². The molecule has 1 atom stereocenters. The maximum atomic E-state index is 13.2. The SMILES string of the molecule is Cc1ccc2c(c1)C1(C(=O)N2)C(C#N)=C(N)OC2=C1C(=O)CC(C)(C)C2. The number of Topliss-reactive ketones (excluding diaryl/α,β-unsaturated/α-hetero) is 1. The van der Waals surface area contributed by atoms with Crippen LogP contribution < -0.4 is 11.1 Å². The maximum Gasteiger partial charge on any atom is 0.245 e. The van der Waals surface area contributed by atoms with Gasteiger partial charge in [0.25, 0.3) is 0 Å². The summed E-state index contributed by atoms with van der Waals surface area (Å²) in [4.78, 5) is 26.3. The number of aryl methyl sites for hydroxylation is 1. The fraction of sp³-hybridized carbons (Fsp3) is 0.350. The maximum absolute atomic E-state index is 13.2. The Balaban J connectivity index is 2.10. The number of nitriles is 1.